The van der Waals surface area contributed by atoms with Crippen molar-refractivity contribution in [3.8, 4) is 5.75 Å². The average molecular weight is 229 g/mol. The van der Waals surface area contributed by atoms with E-state index in [1.54, 1.807) is 13.1 Å². The second-order valence-corrected chi connectivity index (χ2v) is 4.02. The van der Waals surface area contributed by atoms with Crippen LogP contribution in [0.2, 0.25) is 0 Å². The first kappa shape index (κ1) is 11.6. The number of aromatic nitrogens is 1. The lowest BCUT2D eigenvalue weighted by Crippen LogP contribution is -1.99. The van der Waals surface area contributed by atoms with Gasteiger partial charge in [-0.05, 0) is 12.5 Å². The van der Waals surface area contributed by atoms with Crippen LogP contribution in [-0.2, 0) is 13.0 Å². The molecular weight excluding hydrogens is 214 g/mol. The van der Waals surface area contributed by atoms with Crippen LogP contribution in [0.3, 0.4) is 0 Å². The third-order valence-corrected chi connectivity index (χ3v) is 2.82. The molecule has 88 valence electrons. The van der Waals surface area contributed by atoms with E-state index in [4.69, 9.17) is 0 Å². The van der Waals surface area contributed by atoms with E-state index in [1.165, 1.54) is 0 Å². The van der Waals surface area contributed by atoms with Gasteiger partial charge in [0, 0.05) is 23.7 Å². The van der Waals surface area contributed by atoms with Crippen LogP contribution in [0.5, 0.6) is 5.75 Å². The van der Waals surface area contributed by atoms with E-state index in [2.05, 4.69) is 4.98 Å². The number of pyridine rings is 1. The molecule has 3 nitrogen and oxygen atoms in total. The van der Waals surface area contributed by atoms with Crippen LogP contribution < -0.4 is 0 Å². The van der Waals surface area contributed by atoms with Crippen molar-refractivity contribution in [2.24, 2.45) is 0 Å². The largest absolute Gasteiger partial charge is 0.506 e. The van der Waals surface area contributed by atoms with E-state index < -0.39 is 0 Å². The molecule has 1 aromatic carbocycles. The summed E-state index contributed by atoms with van der Waals surface area (Å²) in [6, 6.07) is 9.86. The fourth-order valence-corrected chi connectivity index (χ4v) is 1.82. The number of hydrogen-bond acceptors (Lipinski definition) is 3. The predicted octanol–water partition coefficient (Wildman–Crippen LogP) is 2.18. The number of aromatic hydroxyl groups is 1. The van der Waals surface area contributed by atoms with Gasteiger partial charge in [0.2, 0.25) is 0 Å². The van der Waals surface area contributed by atoms with E-state index in [1.807, 2.05) is 30.3 Å². The minimum absolute atomic E-state index is 0.108. The minimum Gasteiger partial charge on any atom is -0.506 e. The second kappa shape index (κ2) is 4.97. The summed E-state index contributed by atoms with van der Waals surface area (Å²) in [7, 11) is 0. The van der Waals surface area contributed by atoms with Crippen LogP contribution in [-0.4, -0.2) is 15.2 Å². The Labute approximate surface area is 100 Å². The van der Waals surface area contributed by atoms with E-state index in [0.717, 1.165) is 11.1 Å². The second-order valence-electron chi connectivity index (χ2n) is 4.02. The van der Waals surface area contributed by atoms with E-state index in [-0.39, 0.29) is 12.4 Å². The van der Waals surface area contributed by atoms with Gasteiger partial charge in [-0.2, -0.15) is 0 Å². The number of aliphatic hydroxyl groups is 1. The lowest BCUT2D eigenvalue weighted by molar-refractivity contribution is 0.279. The highest BCUT2D eigenvalue weighted by atomic mass is 16.3. The monoisotopic (exact) mass is 229 g/mol. The summed E-state index contributed by atoms with van der Waals surface area (Å²) in [4.78, 5) is 4.04. The van der Waals surface area contributed by atoms with Gasteiger partial charge in [0.15, 0.2) is 0 Å². The number of aliphatic hydroxyl groups excluding tert-OH is 1. The molecule has 2 rings (SSSR count). The Morgan fingerprint density at radius 3 is 2.53 bits per heavy atom. The quantitative estimate of drug-likeness (QED) is 0.848. The molecule has 0 spiro atoms. The van der Waals surface area contributed by atoms with E-state index in [9.17, 15) is 10.2 Å². The van der Waals surface area contributed by atoms with Gasteiger partial charge < -0.3 is 10.2 Å². The SMILES string of the molecule is Cc1ncc(CO)c(Cc2ccccc2)c1O. The molecular formula is C14H15NO2. The summed E-state index contributed by atoms with van der Waals surface area (Å²) >= 11 is 0. The molecule has 17 heavy (non-hydrogen) atoms. The molecule has 0 bridgehead atoms. The molecule has 0 radical (unpaired) electrons. The first-order valence-electron chi connectivity index (χ1n) is 5.53. The molecule has 2 N–H and O–H groups in total. The third kappa shape index (κ3) is 2.45. The Hall–Kier alpha value is -1.87. The van der Waals surface area contributed by atoms with Crippen LogP contribution in [0.15, 0.2) is 36.5 Å². The highest BCUT2D eigenvalue weighted by molar-refractivity contribution is 5.43. The number of hydrogen-bond donors (Lipinski definition) is 2. The first-order chi connectivity index (χ1) is 8.22. The molecule has 3 heteroatoms. The molecule has 0 fully saturated rings. The van der Waals surface area contributed by atoms with Crippen molar-refractivity contribution in [1.29, 1.82) is 0 Å². The molecule has 2 aromatic rings. The summed E-state index contributed by atoms with van der Waals surface area (Å²) in [5, 5.41) is 19.3. The van der Waals surface area contributed by atoms with Crippen molar-refractivity contribution in [1.82, 2.24) is 4.98 Å². The normalized spacial score (nSPS) is 10.5. The number of nitrogens with zero attached hydrogens (tertiary/aromatic N) is 1. The van der Waals surface area contributed by atoms with Crippen LogP contribution in [0.4, 0.5) is 0 Å². The Morgan fingerprint density at radius 1 is 1.18 bits per heavy atom. The molecule has 0 saturated carbocycles. The smallest absolute Gasteiger partial charge is 0.140 e. The van der Waals surface area contributed by atoms with Crippen LogP contribution in [0.1, 0.15) is 22.4 Å². The predicted molar refractivity (Wildman–Crippen MR) is 65.8 cm³/mol. The number of rotatable bonds is 3. The average Bonchev–Trinajstić information content (AvgIpc) is 2.37. The zero-order chi connectivity index (χ0) is 12.3. The Morgan fingerprint density at radius 2 is 1.88 bits per heavy atom. The van der Waals surface area contributed by atoms with Crippen LogP contribution in [0, 0.1) is 6.92 Å². The van der Waals surface area contributed by atoms with Crippen molar-refractivity contribution in [3.05, 3.63) is 58.9 Å². The lowest BCUT2D eigenvalue weighted by Gasteiger charge is -2.11. The summed E-state index contributed by atoms with van der Waals surface area (Å²) in [6.45, 7) is 1.65. The van der Waals surface area contributed by atoms with Gasteiger partial charge in [-0.3, -0.25) is 4.98 Å². The van der Waals surface area contributed by atoms with Gasteiger partial charge >= 0.3 is 0 Å². The van der Waals surface area contributed by atoms with E-state index >= 15 is 0 Å². The van der Waals surface area contributed by atoms with Gasteiger partial charge in [-0.1, -0.05) is 30.3 Å². The molecule has 1 aromatic heterocycles. The fourth-order valence-electron chi connectivity index (χ4n) is 1.82. The highest BCUT2D eigenvalue weighted by Gasteiger charge is 2.11. The summed E-state index contributed by atoms with van der Waals surface area (Å²) in [6.07, 6.45) is 2.22. The maximum atomic E-state index is 10.00. The molecule has 0 saturated heterocycles. The fraction of sp³-hybridized carbons (Fsp3) is 0.214. The first-order valence-corrected chi connectivity index (χ1v) is 5.53. The Kier molecular flexibility index (Phi) is 3.40. The van der Waals surface area contributed by atoms with Crippen LogP contribution >= 0.6 is 0 Å². The molecule has 0 atom stereocenters. The van der Waals surface area contributed by atoms with Gasteiger partial charge in [-0.25, -0.2) is 0 Å². The maximum absolute atomic E-state index is 10.00. The van der Waals surface area contributed by atoms with Crippen molar-refractivity contribution < 1.29 is 10.2 Å². The highest BCUT2D eigenvalue weighted by Crippen LogP contribution is 2.26. The molecule has 0 aliphatic heterocycles. The lowest BCUT2D eigenvalue weighted by atomic mass is 10.00. The Balaban J connectivity index is 2.41. The van der Waals surface area contributed by atoms with Gasteiger partial charge in [0.05, 0.1) is 12.3 Å². The maximum Gasteiger partial charge on any atom is 0.140 e. The zero-order valence-electron chi connectivity index (χ0n) is 9.72. The van der Waals surface area contributed by atoms with Gasteiger partial charge in [0.25, 0.3) is 0 Å². The third-order valence-electron chi connectivity index (χ3n) is 2.82. The van der Waals surface area contributed by atoms with Crippen LogP contribution in [0.25, 0.3) is 0 Å². The van der Waals surface area contributed by atoms with Crippen molar-refractivity contribution in [2.75, 3.05) is 0 Å². The van der Waals surface area contributed by atoms with Crippen molar-refractivity contribution >= 4 is 0 Å². The summed E-state index contributed by atoms with van der Waals surface area (Å²) in [5.41, 5.74) is 3.12. The number of aryl methyl sites for hydroxylation is 1. The van der Waals surface area contributed by atoms with Crippen molar-refractivity contribution in [2.45, 2.75) is 20.0 Å². The van der Waals surface area contributed by atoms with Gasteiger partial charge in [-0.15, -0.1) is 0 Å². The Bertz CT molecular complexity index is 509. The zero-order valence-corrected chi connectivity index (χ0v) is 9.72. The van der Waals surface area contributed by atoms with E-state index in [0.29, 0.717) is 17.7 Å². The summed E-state index contributed by atoms with van der Waals surface area (Å²) < 4.78 is 0. The molecule has 1 heterocycles. The molecule has 0 unspecified atom stereocenters. The topological polar surface area (TPSA) is 53.4 Å². The standard InChI is InChI=1S/C14H15NO2/c1-10-14(17)13(12(9-16)8-15-10)7-11-5-3-2-4-6-11/h2-6,8,16-17H,7,9H2,1H3. The number of benzene rings is 1. The molecule has 0 aliphatic carbocycles. The molecule has 0 amide bonds. The minimum atomic E-state index is -0.108. The molecule has 0 aliphatic rings. The van der Waals surface area contributed by atoms with Crippen molar-refractivity contribution in [3.63, 3.8) is 0 Å². The summed E-state index contributed by atoms with van der Waals surface area (Å²) in [5.74, 6) is 0.181. The van der Waals surface area contributed by atoms with Gasteiger partial charge in [0.1, 0.15) is 5.75 Å².